The maximum atomic E-state index is 11.2. The molecule has 0 saturated carbocycles. The Labute approximate surface area is 77.8 Å². The van der Waals surface area contributed by atoms with E-state index in [9.17, 15) is 9.59 Å². The number of nitrogens with zero attached hydrogens (tertiary/aromatic N) is 1. The van der Waals surface area contributed by atoms with Crippen LogP contribution in [0.5, 0.6) is 0 Å². The zero-order valence-corrected chi connectivity index (χ0v) is 7.99. The average molecular weight is 185 g/mol. The van der Waals surface area contributed by atoms with Crippen molar-refractivity contribution in [2.45, 2.75) is 19.8 Å². The second kappa shape index (κ2) is 6.22. The largest absolute Gasteiger partial charge is 0.480 e. The van der Waals surface area contributed by atoms with Gasteiger partial charge in [0.15, 0.2) is 0 Å². The monoisotopic (exact) mass is 185 g/mol. The zero-order chi connectivity index (χ0) is 10.3. The molecule has 1 N–H and O–H groups in total. The molecule has 74 valence electrons. The molecule has 0 bridgehead atoms. The van der Waals surface area contributed by atoms with Crippen LogP contribution in [-0.2, 0) is 9.59 Å². The normalized spacial score (nSPS) is 10.3. The Balaban J connectivity index is 3.82. The highest BCUT2D eigenvalue weighted by Crippen LogP contribution is 1.93. The lowest BCUT2D eigenvalue weighted by Crippen LogP contribution is -2.31. The van der Waals surface area contributed by atoms with E-state index in [1.54, 1.807) is 6.08 Å². The van der Waals surface area contributed by atoms with E-state index in [4.69, 9.17) is 5.11 Å². The van der Waals surface area contributed by atoms with Crippen molar-refractivity contribution < 1.29 is 14.7 Å². The summed E-state index contributed by atoms with van der Waals surface area (Å²) < 4.78 is 0. The molecule has 0 aromatic rings. The Bertz CT molecular complexity index is 211. The van der Waals surface area contributed by atoms with Crippen molar-refractivity contribution in [2.75, 3.05) is 13.6 Å². The molecule has 0 rings (SSSR count). The Morgan fingerprint density at radius 1 is 1.38 bits per heavy atom. The van der Waals surface area contributed by atoms with Crippen molar-refractivity contribution in [2.24, 2.45) is 0 Å². The van der Waals surface area contributed by atoms with Gasteiger partial charge in [0.1, 0.15) is 6.54 Å². The fourth-order valence-electron chi connectivity index (χ4n) is 0.798. The Morgan fingerprint density at radius 2 is 2.00 bits per heavy atom. The second-order valence-electron chi connectivity index (χ2n) is 2.73. The van der Waals surface area contributed by atoms with E-state index < -0.39 is 5.97 Å². The number of amides is 1. The summed E-state index contributed by atoms with van der Waals surface area (Å²) in [5, 5.41) is 8.39. The number of likely N-dealkylation sites (N-methyl/N-ethyl adjacent to an activating group) is 1. The molecule has 0 radical (unpaired) electrons. The highest BCUT2D eigenvalue weighted by atomic mass is 16.4. The van der Waals surface area contributed by atoms with E-state index in [0.717, 1.165) is 6.42 Å². The molecular formula is C9H15NO3. The summed E-state index contributed by atoms with van der Waals surface area (Å²) >= 11 is 0. The van der Waals surface area contributed by atoms with E-state index in [-0.39, 0.29) is 18.9 Å². The van der Waals surface area contributed by atoms with Crippen LogP contribution in [0.15, 0.2) is 12.2 Å². The molecule has 0 aromatic heterocycles. The number of hydrogen-bond donors (Lipinski definition) is 1. The van der Waals surface area contributed by atoms with Gasteiger partial charge in [-0.15, -0.1) is 0 Å². The molecular weight excluding hydrogens is 170 g/mol. The maximum Gasteiger partial charge on any atom is 0.323 e. The predicted molar refractivity (Wildman–Crippen MR) is 49.3 cm³/mol. The van der Waals surface area contributed by atoms with Crippen molar-refractivity contribution in [3.63, 3.8) is 0 Å². The van der Waals surface area contributed by atoms with Gasteiger partial charge in [0.2, 0.25) is 5.91 Å². The van der Waals surface area contributed by atoms with E-state index in [1.807, 2.05) is 13.0 Å². The predicted octanol–water partition coefficient (Wildman–Crippen LogP) is 0.886. The zero-order valence-electron chi connectivity index (χ0n) is 7.99. The molecule has 4 heteroatoms. The van der Waals surface area contributed by atoms with Gasteiger partial charge in [-0.05, 0) is 6.42 Å². The first-order valence-electron chi connectivity index (χ1n) is 4.18. The van der Waals surface area contributed by atoms with Crippen LogP contribution in [0, 0.1) is 0 Å². The van der Waals surface area contributed by atoms with Crippen molar-refractivity contribution in [1.82, 2.24) is 4.90 Å². The highest BCUT2D eigenvalue weighted by molar-refractivity contribution is 5.81. The Morgan fingerprint density at radius 3 is 2.46 bits per heavy atom. The third-order valence-corrected chi connectivity index (χ3v) is 1.49. The van der Waals surface area contributed by atoms with Gasteiger partial charge in [0.25, 0.3) is 0 Å². The number of carbonyl (C=O) groups is 2. The first-order chi connectivity index (χ1) is 6.07. The number of rotatable bonds is 5. The molecule has 0 heterocycles. The van der Waals surface area contributed by atoms with Crippen LogP contribution in [-0.4, -0.2) is 35.5 Å². The van der Waals surface area contributed by atoms with Gasteiger partial charge in [-0.3, -0.25) is 9.59 Å². The van der Waals surface area contributed by atoms with Crippen LogP contribution in [0.2, 0.25) is 0 Å². The number of allylic oxidation sites excluding steroid dienone is 1. The minimum absolute atomic E-state index is 0.174. The molecule has 0 spiro atoms. The molecule has 4 nitrogen and oxygen atoms in total. The van der Waals surface area contributed by atoms with Crippen molar-refractivity contribution >= 4 is 11.9 Å². The van der Waals surface area contributed by atoms with Crippen LogP contribution in [0.1, 0.15) is 19.8 Å². The topological polar surface area (TPSA) is 57.6 Å². The van der Waals surface area contributed by atoms with E-state index >= 15 is 0 Å². The van der Waals surface area contributed by atoms with Gasteiger partial charge < -0.3 is 10.0 Å². The number of carboxylic acids is 1. The van der Waals surface area contributed by atoms with Gasteiger partial charge in [-0.25, -0.2) is 0 Å². The second-order valence-corrected chi connectivity index (χ2v) is 2.73. The van der Waals surface area contributed by atoms with Gasteiger partial charge in [0, 0.05) is 13.5 Å². The molecule has 0 atom stereocenters. The summed E-state index contributed by atoms with van der Waals surface area (Å²) in [5.41, 5.74) is 0. The molecule has 13 heavy (non-hydrogen) atoms. The summed E-state index contributed by atoms with van der Waals surface area (Å²) in [7, 11) is 1.48. The lowest BCUT2D eigenvalue weighted by Gasteiger charge is -2.12. The number of carboxylic acid groups (broad SMARTS) is 1. The maximum absolute atomic E-state index is 11.2. The Hall–Kier alpha value is -1.32. The quantitative estimate of drug-likeness (QED) is 0.647. The van der Waals surface area contributed by atoms with Crippen molar-refractivity contribution in [3.8, 4) is 0 Å². The smallest absolute Gasteiger partial charge is 0.323 e. The first kappa shape index (κ1) is 11.7. The van der Waals surface area contributed by atoms with E-state index in [2.05, 4.69) is 0 Å². The summed E-state index contributed by atoms with van der Waals surface area (Å²) in [6.45, 7) is 1.74. The summed E-state index contributed by atoms with van der Waals surface area (Å²) in [5.74, 6) is -1.16. The van der Waals surface area contributed by atoms with Crippen LogP contribution in [0.3, 0.4) is 0 Å². The molecule has 0 aliphatic heterocycles. The van der Waals surface area contributed by atoms with Crippen molar-refractivity contribution in [3.05, 3.63) is 12.2 Å². The molecule has 0 aliphatic rings. The van der Waals surface area contributed by atoms with E-state index in [0.29, 0.717) is 0 Å². The third kappa shape index (κ3) is 5.90. The van der Waals surface area contributed by atoms with Crippen LogP contribution >= 0.6 is 0 Å². The summed E-state index contributed by atoms with van der Waals surface area (Å²) in [4.78, 5) is 22.6. The minimum Gasteiger partial charge on any atom is -0.480 e. The SMILES string of the molecule is CC/C=C\CC(=O)N(C)CC(=O)O. The summed E-state index contributed by atoms with van der Waals surface area (Å²) in [6, 6.07) is 0. The lowest BCUT2D eigenvalue weighted by molar-refractivity contribution is -0.143. The van der Waals surface area contributed by atoms with Crippen molar-refractivity contribution in [1.29, 1.82) is 0 Å². The van der Waals surface area contributed by atoms with Gasteiger partial charge in [0.05, 0.1) is 0 Å². The fraction of sp³-hybridized carbons (Fsp3) is 0.556. The van der Waals surface area contributed by atoms with Gasteiger partial charge in [-0.2, -0.15) is 0 Å². The fourth-order valence-corrected chi connectivity index (χ4v) is 0.798. The molecule has 0 aromatic carbocycles. The van der Waals surface area contributed by atoms with Crippen LogP contribution in [0.25, 0.3) is 0 Å². The number of carbonyl (C=O) groups excluding carboxylic acids is 1. The molecule has 0 fully saturated rings. The average Bonchev–Trinajstić information content (AvgIpc) is 2.03. The highest BCUT2D eigenvalue weighted by Gasteiger charge is 2.09. The van der Waals surface area contributed by atoms with E-state index in [1.165, 1.54) is 11.9 Å². The molecule has 0 aliphatic carbocycles. The summed E-state index contributed by atoms with van der Waals surface area (Å²) in [6.07, 6.45) is 4.79. The number of hydrogen-bond acceptors (Lipinski definition) is 2. The van der Waals surface area contributed by atoms with Crippen LogP contribution in [0.4, 0.5) is 0 Å². The van der Waals surface area contributed by atoms with Gasteiger partial charge >= 0.3 is 5.97 Å². The Kier molecular flexibility index (Phi) is 5.59. The molecule has 0 saturated heterocycles. The molecule has 1 amide bonds. The standard InChI is InChI=1S/C9H15NO3/c1-3-4-5-6-8(11)10(2)7-9(12)13/h4-5H,3,6-7H2,1-2H3,(H,12,13)/b5-4-. The van der Waals surface area contributed by atoms with Crippen LogP contribution < -0.4 is 0 Å². The molecule has 0 unspecified atom stereocenters. The first-order valence-corrected chi connectivity index (χ1v) is 4.18. The third-order valence-electron chi connectivity index (χ3n) is 1.49. The lowest BCUT2D eigenvalue weighted by atomic mass is 10.3. The minimum atomic E-state index is -0.990. The number of aliphatic carboxylic acids is 1. The van der Waals surface area contributed by atoms with Gasteiger partial charge in [-0.1, -0.05) is 19.1 Å².